The number of carbonyl (C=O) groups is 2. The van der Waals surface area contributed by atoms with E-state index in [1.165, 1.54) is 12.1 Å². The highest BCUT2D eigenvalue weighted by molar-refractivity contribution is 6.31. The first kappa shape index (κ1) is 18.9. The fourth-order valence-corrected chi connectivity index (χ4v) is 2.37. The summed E-state index contributed by atoms with van der Waals surface area (Å²) in [4.78, 5) is 24.1. The summed E-state index contributed by atoms with van der Waals surface area (Å²) in [6, 6.07) is 10.4. The zero-order chi connectivity index (χ0) is 18.6. The van der Waals surface area contributed by atoms with Crippen molar-refractivity contribution in [3.8, 4) is 11.1 Å². The molecule has 4 nitrogen and oxygen atoms in total. The lowest BCUT2D eigenvalue weighted by molar-refractivity contribution is -0.149. The molecule has 0 aromatic heterocycles. The molecule has 0 aliphatic rings. The average Bonchev–Trinajstić information content (AvgIpc) is 2.56. The minimum Gasteiger partial charge on any atom is -0.461 e. The van der Waals surface area contributed by atoms with Crippen LogP contribution in [-0.4, -0.2) is 24.0 Å². The van der Waals surface area contributed by atoms with Crippen molar-refractivity contribution < 1.29 is 18.7 Å². The van der Waals surface area contributed by atoms with E-state index in [1.54, 1.807) is 51.1 Å². The largest absolute Gasteiger partial charge is 0.461 e. The Bertz CT molecular complexity index is 792. The molecule has 0 spiro atoms. The lowest BCUT2D eigenvalue weighted by Gasteiger charge is -2.15. The number of amides is 1. The van der Waals surface area contributed by atoms with Gasteiger partial charge in [-0.25, -0.2) is 9.18 Å². The third-order valence-electron chi connectivity index (χ3n) is 3.43. The molecule has 132 valence electrons. The van der Waals surface area contributed by atoms with Crippen LogP contribution >= 0.6 is 11.6 Å². The average molecular weight is 364 g/mol. The van der Waals surface area contributed by atoms with Crippen molar-refractivity contribution in [1.29, 1.82) is 0 Å². The molecule has 1 N–H and O–H groups in total. The van der Waals surface area contributed by atoms with E-state index in [4.69, 9.17) is 16.3 Å². The topological polar surface area (TPSA) is 55.4 Å². The molecule has 6 heteroatoms. The quantitative estimate of drug-likeness (QED) is 0.809. The maximum atomic E-state index is 13.3. The molecule has 1 atom stereocenters. The molecule has 0 bridgehead atoms. The minimum atomic E-state index is -0.765. The zero-order valence-corrected chi connectivity index (χ0v) is 14.9. The van der Waals surface area contributed by atoms with Crippen molar-refractivity contribution in [1.82, 2.24) is 5.32 Å². The molecule has 2 rings (SSSR count). The van der Waals surface area contributed by atoms with Gasteiger partial charge in [0, 0.05) is 5.56 Å². The lowest BCUT2D eigenvalue weighted by atomic mass is 10.0. The Morgan fingerprint density at radius 2 is 1.76 bits per heavy atom. The maximum absolute atomic E-state index is 13.3. The Balaban J connectivity index is 2.16. The number of nitrogens with one attached hydrogen (secondary N) is 1. The van der Waals surface area contributed by atoms with Gasteiger partial charge >= 0.3 is 5.97 Å². The molecule has 1 unspecified atom stereocenters. The van der Waals surface area contributed by atoms with Gasteiger partial charge in [0.15, 0.2) is 0 Å². The van der Waals surface area contributed by atoms with Crippen LogP contribution in [0, 0.1) is 5.82 Å². The van der Waals surface area contributed by atoms with E-state index in [1.807, 2.05) is 0 Å². The standard InChI is InChI=1S/C19H19ClFNO3/c1-11(2)25-19(24)12(3)22-18(23)15-6-4-5-13(9-15)14-7-8-17(21)16(20)10-14/h4-12H,1-3H3,(H,22,23). The monoisotopic (exact) mass is 363 g/mol. The Labute approximate surface area is 150 Å². The van der Waals surface area contributed by atoms with Gasteiger partial charge in [0.25, 0.3) is 5.91 Å². The van der Waals surface area contributed by atoms with E-state index in [-0.39, 0.29) is 11.1 Å². The molecule has 0 heterocycles. The van der Waals surface area contributed by atoms with Crippen LogP contribution in [0.25, 0.3) is 11.1 Å². The summed E-state index contributed by atoms with van der Waals surface area (Å²) in [5.74, 6) is -1.40. The summed E-state index contributed by atoms with van der Waals surface area (Å²) < 4.78 is 18.4. The molecule has 0 fully saturated rings. The van der Waals surface area contributed by atoms with Gasteiger partial charge in [-0.05, 0) is 56.2 Å². The summed E-state index contributed by atoms with van der Waals surface area (Å²) >= 11 is 5.81. The first-order valence-corrected chi connectivity index (χ1v) is 8.22. The molecule has 0 saturated heterocycles. The molecule has 2 aromatic carbocycles. The molecular weight excluding hydrogens is 345 g/mol. The second-order valence-corrected chi connectivity index (χ2v) is 6.30. The SMILES string of the molecule is CC(C)OC(=O)C(C)NC(=O)c1cccc(-c2ccc(F)c(Cl)c2)c1. The second-order valence-electron chi connectivity index (χ2n) is 5.89. The van der Waals surface area contributed by atoms with Gasteiger partial charge < -0.3 is 10.1 Å². The van der Waals surface area contributed by atoms with Crippen molar-refractivity contribution in [3.05, 3.63) is 58.9 Å². The summed E-state index contributed by atoms with van der Waals surface area (Å²) in [5.41, 5.74) is 1.78. The number of benzene rings is 2. The molecule has 2 aromatic rings. The van der Waals surface area contributed by atoms with Gasteiger partial charge in [-0.2, -0.15) is 0 Å². The number of esters is 1. The van der Waals surface area contributed by atoms with Crippen LogP contribution in [-0.2, 0) is 9.53 Å². The summed E-state index contributed by atoms with van der Waals surface area (Å²) in [5, 5.41) is 2.61. The third kappa shape index (κ3) is 5.03. The summed E-state index contributed by atoms with van der Waals surface area (Å²) in [7, 11) is 0. The predicted molar refractivity (Wildman–Crippen MR) is 95.0 cm³/mol. The number of ether oxygens (including phenoxy) is 1. The number of hydrogen-bond acceptors (Lipinski definition) is 3. The van der Waals surface area contributed by atoms with E-state index >= 15 is 0 Å². The van der Waals surface area contributed by atoms with Crippen molar-refractivity contribution in [2.75, 3.05) is 0 Å². The Morgan fingerprint density at radius 1 is 1.08 bits per heavy atom. The van der Waals surface area contributed by atoms with Crippen molar-refractivity contribution in [2.45, 2.75) is 32.9 Å². The van der Waals surface area contributed by atoms with Crippen LogP contribution in [0.2, 0.25) is 5.02 Å². The molecule has 0 aliphatic heterocycles. The highest BCUT2D eigenvalue weighted by Crippen LogP contribution is 2.25. The number of rotatable bonds is 5. The van der Waals surface area contributed by atoms with Gasteiger partial charge in [0.1, 0.15) is 11.9 Å². The number of carbonyl (C=O) groups excluding carboxylic acids is 2. The smallest absolute Gasteiger partial charge is 0.328 e. The highest BCUT2D eigenvalue weighted by atomic mass is 35.5. The lowest BCUT2D eigenvalue weighted by Crippen LogP contribution is -2.40. The molecule has 0 aliphatic carbocycles. The maximum Gasteiger partial charge on any atom is 0.328 e. The fourth-order valence-electron chi connectivity index (χ4n) is 2.19. The molecular formula is C19H19ClFNO3. The van der Waals surface area contributed by atoms with Crippen LogP contribution < -0.4 is 5.32 Å². The van der Waals surface area contributed by atoms with Gasteiger partial charge in [-0.15, -0.1) is 0 Å². The highest BCUT2D eigenvalue weighted by Gasteiger charge is 2.19. The van der Waals surface area contributed by atoms with Gasteiger partial charge in [0.2, 0.25) is 0 Å². The molecule has 0 radical (unpaired) electrons. The van der Waals surface area contributed by atoms with Crippen molar-refractivity contribution >= 4 is 23.5 Å². The van der Waals surface area contributed by atoms with Crippen LogP contribution in [0.3, 0.4) is 0 Å². The van der Waals surface area contributed by atoms with Crippen LogP contribution in [0.4, 0.5) is 4.39 Å². The van der Waals surface area contributed by atoms with Crippen molar-refractivity contribution in [3.63, 3.8) is 0 Å². The van der Waals surface area contributed by atoms with Crippen molar-refractivity contribution in [2.24, 2.45) is 0 Å². The van der Waals surface area contributed by atoms with E-state index in [2.05, 4.69) is 5.32 Å². The number of halogens is 2. The predicted octanol–water partition coefficient (Wildman–Crippen LogP) is 4.22. The first-order valence-electron chi connectivity index (χ1n) is 7.84. The normalized spacial score (nSPS) is 11.9. The van der Waals surface area contributed by atoms with E-state index in [9.17, 15) is 14.0 Å². The van der Waals surface area contributed by atoms with E-state index in [0.29, 0.717) is 16.7 Å². The minimum absolute atomic E-state index is 0.0115. The third-order valence-corrected chi connectivity index (χ3v) is 3.72. The zero-order valence-electron chi connectivity index (χ0n) is 14.2. The van der Waals surface area contributed by atoms with Gasteiger partial charge in [-0.3, -0.25) is 4.79 Å². The molecule has 25 heavy (non-hydrogen) atoms. The van der Waals surface area contributed by atoms with Crippen LogP contribution in [0.15, 0.2) is 42.5 Å². The Kier molecular flexibility index (Phi) is 6.15. The van der Waals surface area contributed by atoms with E-state index < -0.39 is 23.7 Å². The molecule has 0 saturated carbocycles. The van der Waals surface area contributed by atoms with Gasteiger partial charge in [0.05, 0.1) is 11.1 Å². The van der Waals surface area contributed by atoms with Crippen LogP contribution in [0.1, 0.15) is 31.1 Å². The fraction of sp³-hybridized carbons (Fsp3) is 0.263. The number of hydrogen-bond donors (Lipinski definition) is 1. The summed E-state index contributed by atoms with van der Waals surface area (Å²) in [6.07, 6.45) is -0.251. The Morgan fingerprint density at radius 3 is 2.40 bits per heavy atom. The second kappa shape index (κ2) is 8.12. The van der Waals surface area contributed by atoms with E-state index in [0.717, 1.165) is 0 Å². The molecule has 1 amide bonds. The van der Waals surface area contributed by atoms with Crippen LogP contribution in [0.5, 0.6) is 0 Å². The summed E-state index contributed by atoms with van der Waals surface area (Å²) in [6.45, 7) is 5.04. The van der Waals surface area contributed by atoms with Gasteiger partial charge in [-0.1, -0.05) is 29.8 Å². The first-order chi connectivity index (χ1) is 11.8. The Hall–Kier alpha value is -2.40.